The van der Waals surface area contributed by atoms with E-state index in [4.69, 9.17) is 9.47 Å². The third kappa shape index (κ3) is 3.28. The average Bonchev–Trinajstić information content (AvgIpc) is 2.90. The number of phenolic OH excluding ortho intramolecular Hbond substituents is 1. The van der Waals surface area contributed by atoms with E-state index in [1.54, 1.807) is 6.07 Å². The van der Waals surface area contributed by atoms with Gasteiger partial charge in [-0.3, -0.25) is 0 Å². The summed E-state index contributed by atoms with van der Waals surface area (Å²) in [6.07, 6.45) is 0.965. The maximum atomic E-state index is 9.95. The summed E-state index contributed by atoms with van der Waals surface area (Å²) >= 11 is 0. The van der Waals surface area contributed by atoms with Crippen molar-refractivity contribution in [2.45, 2.75) is 19.9 Å². The lowest BCUT2D eigenvalue weighted by atomic mass is 10.1. The fourth-order valence-electron chi connectivity index (χ4n) is 2.44. The second-order valence-corrected chi connectivity index (χ2v) is 5.25. The third-order valence-corrected chi connectivity index (χ3v) is 3.56. The highest BCUT2D eigenvalue weighted by molar-refractivity contribution is 5.51. The van der Waals surface area contributed by atoms with E-state index in [9.17, 15) is 5.11 Å². The average molecular weight is 285 g/mol. The monoisotopic (exact) mass is 285 g/mol. The Balaban J connectivity index is 1.54. The molecule has 1 heterocycles. The van der Waals surface area contributed by atoms with Crippen molar-refractivity contribution in [1.82, 2.24) is 5.32 Å². The van der Waals surface area contributed by atoms with Crippen LogP contribution in [0, 0.1) is 6.92 Å². The second kappa shape index (κ2) is 6.06. The molecule has 110 valence electrons. The molecule has 0 saturated carbocycles. The van der Waals surface area contributed by atoms with E-state index < -0.39 is 0 Å². The van der Waals surface area contributed by atoms with E-state index in [1.165, 1.54) is 11.1 Å². The summed E-state index contributed by atoms with van der Waals surface area (Å²) in [5.74, 6) is 1.54. The molecule has 21 heavy (non-hydrogen) atoms. The lowest BCUT2D eigenvalue weighted by Crippen LogP contribution is -2.16. The standard InChI is InChI=1S/C17H19NO3/c1-12-3-2-4-13(7-12)5-6-18-10-14-8-16-17(9-15(14)19)21-11-20-16/h2-4,7-9,18-19H,5-6,10-11H2,1H3. The highest BCUT2D eigenvalue weighted by atomic mass is 16.7. The molecule has 0 atom stereocenters. The Bertz CT molecular complexity index is 640. The van der Waals surface area contributed by atoms with Gasteiger partial charge < -0.3 is 19.9 Å². The number of phenols is 1. The lowest BCUT2D eigenvalue weighted by molar-refractivity contribution is 0.174. The molecule has 4 heteroatoms. The third-order valence-electron chi connectivity index (χ3n) is 3.56. The Hall–Kier alpha value is -2.20. The van der Waals surface area contributed by atoms with Crippen LogP contribution in [0.3, 0.4) is 0 Å². The first-order valence-corrected chi connectivity index (χ1v) is 7.10. The Kier molecular flexibility index (Phi) is 3.97. The molecule has 0 bridgehead atoms. The van der Waals surface area contributed by atoms with Gasteiger partial charge in [0.2, 0.25) is 6.79 Å². The molecule has 0 spiro atoms. The van der Waals surface area contributed by atoms with Gasteiger partial charge in [-0.1, -0.05) is 29.8 Å². The summed E-state index contributed by atoms with van der Waals surface area (Å²) in [6, 6.07) is 11.9. The van der Waals surface area contributed by atoms with Crippen LogP contribution in [0.4, 0.5) is 0 Å². The maximum Gasteiger partial charge on any atom is 0.231 e. The van der Waals surface area contributed by atoms with Gasteiger partial charge in [-0.2, -0.15) is 0 Å². The predicted molar refractivity (Wildman–Crippen MR) is 80.8 cm³/mol. The SMILES string of the molecule is Cc1cccc(CCNCc2cc3c(cc2O)OCO3)c1. The minimum absolute atomic E-state index is 0.221. The number of nitrogens with one attached hydrogen (secondary N) is 1. The molecule has 1 aliphatic heterocycles. The van der Waals surface area contributed by atoms with Gasteiger partial charge in [0.25, 0.3) is 0 Å². The van der Waals surface area contributed by atoms with Crippen molar-refractivity contribution >= 4 is 0 Å². The van der Waals surface area contributed by atoms with Crippen molar-refractivity contribution in [2.24, 2.45) is 0 Å². The molecule has 3 rings (SSSR count). The number of aryl methyl sites for hydroxylation is 1. The summed E-state index contributed by atoms with van der Waals surface area (Å²) in [6.45, 7) is 3.78. The Morgan fingerprint density at radius 1 is 1.14 bits per heavy atom. The largest absolute Gasteiger partial charge is 0.507 e. The quantitative estimate of drug-likeness (QED) is 0.829. The highest BCUT2D eigenvalue weighted by Gasteiger charge is 2.16. The van der Waals surface area contributed by atoms with Crippen molar-refractivity contribution < 1.29 is 14.6 Å². The second-order valence-electron chi connectivity index (χ2n) is 5.25. The smallest absolute Gasteiger partial charge is 0.231 e. The molecule has 0 amide bonds. The normalized spacial score (nSPS) is 12.6. The van der Waals surface area contributed by atoms with E-state index in [1.807, 2.05) is 6.07 Å². The van der Waals surface area contributed by atoms with Crippen LogP contribution < -0.4 is 14.8 Å². The number of hydrogen-bond acceptors (Lipinski definition) is 4. The van der Waals surface area contributed by atoms with Gasteiger partial charge in [0, 0.05) is 18.2 Å². The number of benzene rings is 2. The molecule has 0 radical (unpaired) electrons. The van der Waals surface area contributed by atoms with Crippen LogP contribution in [0.1, 0.15) is 16.7 Å². The fourth-order valence-corrected chi connectivity index (χ4v) is 2.44. The summed E-state index contributed by atoms with van der Waals surface area (Å²) in [5.41, 5.74) is 3.42. The van der Waals surface area contributed by atoms with Gasteiger partial charge in [0.05, 0.1) is 0 Å². The van der Waals surface area contributed by atoms with E-state index in [0.717, 1.165) is 18.5 Å². The minimum atomic E-state index is 0.221. The number of hydrogen-bond donors (Lipinski definition) is 2. The van der Waals surface area contributed by atoms with Gasteiger partial charge >= 0.3 is 0 Å². The molecule has 1 aliphatic rings. The van der Waals surface area contributed by atoms with Crippen LogP contribution in [0.25, 0.3) is 0 Å². The van der Waals surface area contributed by atoms with E-state index in [-0.39, 0.29) is 12.5 Å². The van der Waals surface area contributed by atoms with Crippen molar-refractivity contribution in [3.05, 3.63) is 53.1 Å². The topological polar surface area (TPSA) is 50.7 Å². The molecule has 2 aromatic carbocycles. The molecule has 0 unspecified atom stereocenters. The number of rotatable bonds is 5. The van der Waals surface area contributed by atoms with Crippen molar-refractivity contribution in [2.75, 3.05) is 13.3 Å². The molecule has 0 aromatic heterocycles. The molecule has 0 aliphatic carbocycles. The van der Waals surface area contributed by atoms with Crippen LogP contribution >= 0.6 is 0 Å². The van der Waals surface area contributed by atoms with Gasteiger partial charge in [-0.25, -0.2) is 0 Å². The van der Waals surface area contributed by atoms with Gasteiger partial charge in [0.15, 0.2) is 11.5 Å². The highest BCUT2D eigenvalue weighted by Crippen LogP contribution is 2.37. The first-order chi connectivity index (χ1) is 10.2. The van der Waals surface area contributed by atoms with Gasteiger partial charge in [-0.05, 0) is 31.5 Å². The first-order valence-electron chi connectivity index (χ1n) is 7.10. The minimum Gasteiger partial charge on any atom is -0.507 e. The van der Waals surface area contributed by atoms with Crippen LogP contribution in [0.15, 0.2) is 36.4 Å². The molecular weight excluding hydrogens is 266 g/mol. The summed E-state index contributed by atoms with van der Waals surface area (Å²) < 4.78 is 10.5. The van der Waals surface area contributed by atoms with Crippen LogP contribution in [0.5, 0.6) is 17.2 Å². The van der Waals surface area contributed by atoms with Crippen molar-refractivity contribution in [3.8, 4) is 17.2 Å². The Morgan fingerprint density at radius 3 is 2.76 bits per heavy atom. The Morgan fingerprint density at radius 2 is 1.95 bits per heavy atom. The zero-order valence-corrected chi connectivity index (χ0v) is 12.1. The molecule has 2 N–H and O–H groups in total. The zero-order chi connectivity index (χ0) is 14.7. The summed E-state index contributed by atoms with van der Waals surface area (Å²) in [7, 11) is 0. The van der Waals surface area contributed by atoms with Crippen LogP contribution in [-0.2, 0) is 13.0 Å². The van der Waals surface area contributed by atoms with Crippen molar-refractivity contribution in [1.29, 1.82) is 0 Å². The molecule has 4 nitrogen and oxygen atoms in total. The predicted octanol–water partition coefficient (Wildman–Crippen LogP) is 2.76. The molecule has 0 fully saturated rings. The van der Waals surface area contributed by atoms with Crippen LogP contribution in [0.2, 0.25) is 0 Å². The van der Waals surface area contributed by atoms with Crippen LogP contribution in [-0.4, -0.2) is 18.4 Å². The lowest BCUT2D eigenvalue weighted by Gasteiger charge is -2.08. The van der Waals surface area contributed by atoms with E-state index in [2.05, 4.69) is 36.5 Å². The van der Waals surface area contributed by atoms with E-state index in [0.29, 0.717) is 18.0 Å². The molecular formula is C17H19NO3. The summed E-state index contributed by atoms with van der Waals surface area (Å²) in [5, 5.41) is 13.3. The molecule has 0 saturated heterocycles. The molecule has 2 aromatic rings. The number of aromatic hydroxyl groups is 1. The number of fused-ring (bicyclic) bond motifs is 1. The van der Waals surface area contributed by atoms with Crippen molar-refractivity contribution in [3.63, 3.8) is 0 Å². The zero-order valence-electron chi connectivity index (χ0n) is 12.1. The van der Waals surface area contributed by atoms with Gasteiger partial charge in [0.1, 0.15) is 5.75 Å². The van der Waals surface area contributed by atoms with E-state index >= 15 is 0 Å². The maximum absolute atomic E-state index is 9.95. The summed E-state index contributed by atoms with van der Waals surface area (Å²) in [4.78, 5) is 0. The Labute approximate surface area is 124 Å². The first kappa shape index (κ1) is 13.8. The fraction of sp³-hybridized carbons (Fsp3) is 0.294. The van der Waals surface area contributed by atoms with Gasteiger partial charge in [-0.15, -0.1) is 0 Å². The number of ether oxygens (including phenoxy) is 2.